The van der Waals surface area contributed by atoms with Crippen molar-refractivity contribution in [3.05, 3.63) is 12.2 Å². The molecule has 0 N–H and O–H groups in total. The van der Waals surface area contributed by atoms with Gasteiger partial charge in [0.15, 0.2) is 17.9 Å². The SMILES string of the molecule is CC1(C)O[C@H]2O[C@H]([C@H]3COC(C)(C)O3)[C@H](OC3C=CCCC3)[C@H]2O1. The zero-order valence-electron chi connectivity index (χ0n) is 14.9. The third kappa shape index (κ3) is 3.28. The second kappa shape index (κ2) is 6.04. The Morgan fingerprint density at radius 3 is 2.50 bits per heavy atom. The minimum Gasteiger partial charge on any atom is -0.365 e. The third-order valence-corrected chi connectivity index (χ3v) is 4.97. The molecule has 1 aliphatic carbocycles. The van der Waals surface area contributed by atoms with Crippen molar-refractivity contribution in [2.24, 2.45) is 0 Å². The second-order valence-electron chi connectivity index (χ2n) is 7.93. The minimum absolute atomic E-state index is 0.0937. The van der Waals surface area contributed by atoms with Crippen LogP contribution in [0.15, 0.2) is 12.2 Å². The standard InChI is InChI=1S/C18H28O6/c1-17(2)19-10-12(22-17)13-14(20-11-8-6-5-7-9-11)15-16(21-13)24-18(3,4)23-15/h6,8,11-16H,5,7,9-10H2,1-4H3/t11?,12-,13-,14+,15-,16-/m1/s1. The first-order valence-corrected chi connectivity index (χ1v) is 8.98. The first-order chi connectivity index (χ1) is 11.3. The summed E-state index contributed by atoms with van der Waals surface area (Å²) in [5.41, 5.74) is 0. The van der Waals surface area contributed by atoms with Crippen LogP contribution in [0.2, 0.25) is 0 Å². The lowest BCUT2D eigenvalue weighted by Crippen LogP contribution is -2.45. The van der Waals surface area contributed by atoms with Gasteiger partial charge < -0.3 is 28.4 Å². The first kappa shape index (κ1) is 16.9. The highest BCUT2D eigenvalue weighted by atomic mass is 16.8. The molecule has 0 spiro atoms. The largest absolute Gasteiger partial charge is 0.365 e. The molecule has 24 heavy (non-hydrogen) atoms. The van der Waals surface area contributed by atoms with E-state index in [1.54, 1.807) is 0 Å². The maximum Gasteiger partial charge on any atom is 0.190 e. The maximum absolute atomic E-state index is 6.40. The fourth-order valence-corrected chi connectivity index (χ4v) is 3.93. The Morgan fingerprint density at radius 1 is 1.00 bits per heavy atom. The van der Waals surface area contributed by atoms with Crippen LogP contribution in [0, 0.1) is 0 Å². The van der Waals surface area contributed by atoms with Gasteiger partial charge in [-0.25, -0.2) is 0 Å². The molecule has 3 saturated heterocycles. The minimum atomic E-state index is -0.656. The van der Waals surface area contributed by atoms with Crippen molar-refractivity contribution in [3.63, 3.8) is 0 Å². The molecular weight excluding hydrogens is 312 g/mol. The molecule has 3 fully saturated rings. The number of fused-ring (bicyclic) bond motifs is 1. The molecule has 0 saturated carbocycles. The molecule has 6 heteroatoms. The molecule has 0 aromatic rings. The Kier molecular flexibility index (Phi) is 4.26. The molecule has 0 amide bonds. The van der Waals surface area contributed by atoms with Gasteiger partial charge in [0.25, 0.3) is 0 Å². The Labute approximate surface area is 143 Å². The summed E-state index contributed by atoms with van der Waals surface area (Å²) in [5, 5.41) is 0. The Morgan fingerprint density at radius 2 is 1.83 bits per heavy atom. The monoisotopic (exact) mass is 340 g/mol. The van der Waals surface area contributed by atoms with Crippen LogP contribution >= 0.6 is 0 Å². The van der Waals surface area contributed by atoms with E-state index < -0.39 is 17.9 Å². The van der Waals surface area contributed by atoms with Gasteiger partial charge in [-0.15, -0.1) is 0 Å². The summed E-state index contributed by atoms with van der Waals surface area (Å²) in [6, 6.07) is 0. The van der Waals surface area contributed by atoms with Gasteiger partial charge in [0, 0.05) is 0 Å². The number of rotatable bonds is 3. The molecule has 136 valence electrons. The van der Waals surface area contributed by atoms with Crippen molar-refractivity contribution >= 4 is 0 Å². The van der Waals surface area contributed by atoms with Crippen LogP contribution in [0.1, 0.15) is 47.0 Å². The van der Waals surface area contributed by atoms with Crippen LogP contribution in [0.4, 0.5) is 0 Å². The quantitative estimate of drug-likeness (QED) is 0.736. The van der Waals surface area contributed by atoms with E-state index in [9.17, 15) is 0 Å². The smallest absolute Gasteiger partial charge is 0.190 e. The van der Waals surface area contributed by atoms with Crippen LogP contribution in [0.25, 0.3) is 0 Å². The summed E-state index contributed by atoms with van der Waals surface area (Å²) >= 11 is 0. The van der Waals surface area contributed by atoms with E-state index >= 15 is 0 Å². The average molecular weight is 340 g/mol. The fraction of sp³-hybridized carbons (Fsp3) is 0.889. The van der Waals surface area contributed by atoms with Gasteiger partial charge in [0.1, 0.15) is 24.4 Å². The molecule has 3 aliphatic heterocycles. The van der Waals surface area contributed by atoms with Crippen LogP contribution in [-0.2, 0) is 28.4 Å². The zero-order valence-corrected chi connectivity index (χ0v) is 14.9. The summed E-state index contributed by atoms with van der Waals surface area (Å²) in [7, 11) is 0. The molecule has 6 atom stereocenters. The topological polar surface area (TPSA) is 55.4 Å². The van der Waals surface area contributed by atoms with E-state index in [4.69, 9.17) is 28.4 Å². The van der Waals surface area contributed by atoms with E-state index in [0.29, 0.717) is 6.61 Å². The summed E-state index contributed by atoms with van der Waals surface area (Å²) in [4.78, 5) is 0. The molecule has 4 rings (SSSR count). The van der Waals surface area contributed by atoms with Crippen molar-refractivity contribution in [1.82, 2.24) is 0 Å². The summed E-state index contributed by atoms with van der Waals surface area (Å²) < 4.78 is 36.2. The third-order valence-electron chi connectivity index (χ3n) is 4.97. The Hall–Kier alpha value is -0.500. The van der Waals surface area contributed by atoms with Crippen molar-refractivity contribution in [2.75, 3.05) is 6.61 Å². The maximum atomic E-state index is 6.40. The number of hydrogen-bond donors (Lipinski definition) is 0. The van der Waals surface area contributed by atoms with E-state index in [0.717, 1.165) is 19.3 Å². The molecule has 0 radical (unpaired) electrons. The summed E-state index contributed by atoms with van der Waals surface area (Å²) in [5.74, 6) is -1.25. The van der Waals surface area contributed by atoms with Gasteiger partial charge in [-0.2, -0.15) is 0 Å². The molecule has 4 aliphatic rings. The van der Waals surface area contributed by atoms with E-state index in [1.165, 1.54) is 0 Å². The van der Waals surface area contributed by atoms with E-state index in [2.05, 4.69) is 12.2 Å². The average Bonchev–Trinajstić information content (AvgIpc) is 3.11. The normalized spacial score (nSPS) is 46.3. The molecule has 0 bridgehead atoms. The van der Waals surface area contributed by atoms with Crippen LogP contribution in [0.3, 0.4) is 0 Å². The van der Waals surface area contributed by atoms with Gasteiger partial charge in [0.2, 0.25) is 0 Å². The second-order valence-corrected chi connectivity index (χ2v) is 7.93. The fourth-order valence-electron chi connectivity index (χ4n) is 3.93. The predicted octanol–water partition coefficient (Wildman–Crippen LogP) is 2.51. The number of hydrogen-bond acceptors (Lipinski definition) is 6. The number of allylic oxidation sites excluding steroid dienone is 1. The van der Waals surface area contributed by atoms with Crippen molar-refractivity contribution in [3.8, 4) is 0 Å². The Bertz CT molecular complexity index is 502. The lowest BCUT2D eigenvalue weighted by atomic mass is 10.0. The van der Waals surface area contributed by atoms with Gasteiger partial charge in [-0.1, -0.05) is 12.2 Å². The van der Waals surface area contributed by atoms with Gasteiger partial charge in [-0.05, 0) is 47.0 Å². The van der Waals surface area contributed by atoms with Gasteiger partial charge in [0.05, 0.1) is 12.7 Å². The lowest BCUT2D eigenvalue weighted by molar-refractivity contribution is -0.238. The highest BCUT2D eigenvalue weighted by molar-refractivity contribution is 5.02. The van der Waals surface area contributed by atoms with Crippen LogP contribution in [0.5, 0.6) is 0 Å². The first-order valence-electron chi connectivity index (χ1n) is 8.98. The Balaban J connectivity index is 1.52. The highest BCUT2D eigenvalue weighted by Crippen LogP contribution is 2.42. The van der Waals surface area contributed by atoms with Crippen LogP contribution in [-0.4, -0.2) is 55.0 Å². The molecule has 0 aromatic heterocycles. The molecule has 0 aromatic carbocycles. The zero-order chi connectivity index (χ0) is 16.9. The van der Waals surface area contributed by atoms with Crippen molar-refractivity contribution in [2.45, 2.75) is 95.3 Å². The van der Waals surface area contributed by atoms with E-state index in [-0.39, 0.29) is 30.5 Å². The van der Waals surface area contributed by atoms with Gasteiger partial charge in [-0.3, -0.25) is 0 Å². The molecule has 1 unspecified atom stereocenters. The molecule has 3 heterocycles. The number of ether oxygens (including phenoxy) is 6. The predicted molar refractivity (Wildman–Crippen MR) is 85.3 cm³/mol. The van der Waals surface area contributed by atoms with Crippen molar-refractivity contribution in [1.29, 1.82) is 0 Å². The molecule has 6 nitrogen and oxygen atoms in total. The van der Waals surface area contributed by atoms with Gasteiger partial charge >= 0.3 is 0 Å². The summed E-state index contributed by atoms with van der Waals surface area (Å²) in [6.45, 7) is 8.12. The lowest BCUT2D eigenvalue weighted by Gasteiger charge is -2.31. The summed E-state index contributed by atoms with van der Waals surface area (Å²) in [6.07, 6.45) is 6.38. The van der Waals surface area contributed by atoms with Crippen LogP contribution < -0.4 is 0 Å². The molecular formula is C18H28O6. The van der Waals surface area contributed by atoms with E-state index in [1.807, 2.05) is 27.7 Å². The highest BCUT2D eigenvalue weighted by Gasteiger charge is 2.59. The van der Waals surface area contributed by atoms with Crippen molar-refractivity contribution < 1.29 is 28.4 Å².